The SMILES string of the molecule is C#Cc1cnc(Nc2cc(NCC3CCCNC3)c(-n3ccc(CO)c3)cn2)cn1. The average Bonchev–Trinajstić information content (AvgIpc) is 3.28. The van der Waals surface area contributed by atoms with Crippen LogP contribution in [0, 0.1) is 18.3 Å². The molecule has 154 valence electrons. The van der Waals surface area contributed by atoms with E-state index in [-0.39, 0.29) is 6.61 Å². The lowest BCUT2D eigenvalue weighted by Gasteiger charge is -2.24. The summed E-state index contributed by atoms with van der Waals surface area (Å²) in [4.78, 5) is 13.0. The molecule has 0 saturated carbocycles. The van der Waals surface area contributed by atoms with Gasteiger partial charge in [0.2, 0.25) is 0 Å². The summed E-state index contributed by atoms with van der Waals surface area (Å²) in [7, 11) is 0. The lowest BCUT2D eigenvalue weighted by atomic mass is 10.00. The van der Waals surface area contributed by atoms with E-state index in [0.717, 1.165) is 36.6 Å². The average molecular weight is 403 g/mol. The molecule has 1 atom stereocenters. The molecular formula is C22H25N7O. The molecule has 3 aromatic heterocycles. The highest BCUT2D eigenvalue weighted by molar-refractivity contribution is 5.67. The molecule has 0 bridgehead atoms. The molecule has 0 radical (unpaired) electrons. The number of rotatable bonds is 7. The molecule has 4 rings (SSSR count). The minimum atomic E-state index is 0.00287. The summed E-state index contributed by atoms with van der Waals surface area (Å²) in [5, 5.41) is 19.6. The molecule has 1 unspecified atom stereocenters. The fourth-order valence-corrected chi connectivity index (χ4v) is 3.50. The first-order chi connectivity index (χ1) is 14.7. The van der Waals surface area contributed by atoms with E-state index in [1.54, 1.807) is 18.6 Å². The van der Waals surface area contributed by atoms with Gasteiger partial charge in [-0.05, 0) is 49.4 Å². The van der Waals surface area contributed by atoms with Gasteiger partial charge in [0.15, 0.2) is 0 Å². The van der Waals surface area contributed by atoms with Crippen LogP contribution in [0.5, 0.6) is 0 Å². The lowest BCUT2D eigenvalue weighted by Crippen LogP contribution is -2.33. The van der Waals surface area contributed by atoms with Crippen molar-refractivity contribution in [1.29, 1.82) is 0 Å². The van der Waals surface area contributed by atoms with Crippen molar-refractivity contribution in [3.8, 4) is 18.0 Å². The number of aliphatic hydroxyl groups is 1. The summed E-state index contributed by atoms with van der Waals surface area (Å²) < 4.78 is 1.96. The van der Waals surface area contributed by atoms with Crippen LogP contribution in [0.1, 0.15) is 24.1 Å². The molecule has 1 saturated heterocycles. The predicted molar refractivity (Wildman–Crippen MR) is 117 cm³/mol. The Bertz CT molecular complexity index is 1020. The van der Waals surface area contributed by atoms with Crippen LogP contribution in [0.4, 0.5) is 17.3 Å². The van der Waals surface area contributed by atoms with E-state index >= 15 is 0 Å². The third-order valence-electron chi connectivity index (χ3n) is 5.13. The van der Waals surface area contributed by atoms with Crippen LogP contribution in [-0.2, 0) is 6.61 Å². The predicted octanol–water partition coefficient (Wildman–Crippen LogP) is 2.29. The van der Waals surface area contributed by atoms with Gasteiger partial charge in [0.05, 0.1) is 36.6 Å². The Morgan fingerprint density at radius 3 is 2.83 bits per heavy atom. The van der Waals surface area contributed by atoms with Crippen LogP contribution in [0.15, 0.2) is 43.1 Å². The Balaban J connectivity index is 1.57. The van der Waals surface area contributed by atoms with E-state index < -0.39 is 0 Å². The zero-order chi connectivity index (χ0) is 20.8. The molecule has 8 heteroatoms. The smallest absolute Gasteiger partial charge is 0.150 e. The fourth-order valence-electron chi connectivity index (χ4n) is 3.50. The van der Waals surface area contributed by atoms with Gasteiger partial charge in [0.1, 0.15) is 17.3 Å². The molecule has 0 aliphatic carbocycles. The van der Waals surface area contributed by atoms with Crippen molar-refractivity contribution in [3.63, 3.8) is 0 Å². The first-order valence-corrected chi connectivity index (χ1v) is 10.0. The topological polar surface area (TPSA) is 99.9 Å². The summed E-state index contributed by atoms with van der Waals surface area (Å²) >= 11 is 0. The van der Waals surface area contributed by atoms with Gasteiger partial charge >= 0.3 is 0 Å². The molecule has 4 heterocycles. The van der Waals surface area contributed by atoms with E-state index in [1.807, 2.05) is 29.1 Å². The first kappa shape index (κ1) is 19.9. The largest absolute Gasteiger partial charge is 0.392 e. The molecule has 0 amide bonds. The molecule has 1 aliphatic rings. The number of nitrogens with zero attached hydrogens (tertiary/aromatic N) is 4. The number of aromatic nitrogens is 4. The Kier molecular flexibility index (Phi) is 6.23. The zero-order valence-electron chi connectivity index (χ0n) is 16.7. The highest BCUT2D eigenvalue weighted by atomic mass is 16.3. The highest BCUT2D eigenvalue weighted by Crippen LogP contribution is 2.25. The second-order valence-corrected chi connectivity index (χ2v) is 7.32. The number of piperidine rings is 1. The van der Waals surface area contributed by atoms with Gasteiger partial charge in [-0.3, -0.25) is 0 Å². The molecule has 1 aliphatic heterocycles. The Labute approximate surface area is 175 Å². The van der Waals surface area contributed by atoms with Crippen LogP contribution < -0.4 is 16.0 Å². The summed E-state index contributed by atoms with van der Waals surface area (Å²) in [6, 6.07) is 3.85. The fraction of sp³-hybridized carbons (Fsp3) is 0.318. The summed E-state index contributed by atoms with van der Waals surface area (Å²) in [6.07, 6.45) is 16.5. The number of terminal acetylenes is 1. The van der Waals surface area contributed by atoms with Gasteiger partial charge in [0, 0.05) is 25.0 Å². The molecular weight excluding hydrogens is 378 g/mol. The van der Waals surface area contributed by atoms with Gasteiger partial charge in [0.25, 0.3) is 0 Å². The number of hydrogen-bond acceptors (Lipinski definition) is 7. The van der Waals surface area contributed by atoms with Crippen molar-refractivity contribution in [2.24, 2.45) is 5.92 Å². The maximum Gasteiger partial charge on any atom is 0.150 e. The second kappa shape index (κ2) is 9.39. The number of nitrogens with one attached hydrogen (secondary N) is 3. The normalized spacial score (nSPS) is 16.1. The van der Waals surface area contributed by atoms with E-state index in [2.05, 4.69) is 36.8 Å². The molecule has 8 nitrogen and oxygen atoms in total. The maximum atomic E-state index is 9.40. The van der Waals surface area contributed by atoms with Crippen molar-refractivity contribution in [2.45, 2.75) is 19.4 Å². The molecule has 4 N–H and O–H groups in total. The minimum Gasteiger partial charge on any atom is -0.392 e. The Hall–Kier alpha value is -3.41. The third kappa shape index (κ3) is 4.76. The quantitative estimate of drug-likeness (QED) is 0.449. The van der Waals surface area contributed by atoms with Crippen molar-refractivity contribution in [1.82, 2.24) is 24.8 Å². The minimum absolute atomic E-state index is 0.00287. The van der Waals surface area contributed by atoms with Crippen molar-refractivity contribution in [3.05, 3.63) is 54.4 Å². The first-order valence-electron chi connectivity index (χ1n) is 10.0. The second-order valence-electron chi connectivity index (χ2n) is 7.32. The Morgan fingerprint density at radius 2 is 2.13 bits per heavy atom. The van der Waals surface area contributed by atoms with E-state index in [0.29, 0.717) is 23.2 Å². The van der Waals surface area contributed by atoms with Crippen molar-refractivity contribution < 1.29 is 5.11 Å². The van der Waals surface area contributed by atoms with Gasteiger partial charge in [-0.25, -0.2) is 15.0 Å². The van der Waals surface area contributed by atoms with Gasteiger partial charge in [-0.2, -0.15) is 0 Å². The van der Waals surface area contributed by atoms with Crippen LogP contribution in [0.3, 0.4) is 0 Å². The summed E-state index contributed by atoms with van der Waals surface area (Å²) in [6.45, 7) is 2.99. The molecule has 0 spiro atoms. The molecule has 30 heavy (non-hydrogen) atoms. The Morgan fingerprint density at radius 1 is 1.23 bits per heavy atom. The third-order valence-corrected chi connectivity index (χ3v) is 5.13. The van der Waals surface area contributed by atoms with Crippen molar-refractivity contribution >= 4 is 17.3 Å². The van der Waals surface area contributed by atoms with Crippen LogP contribution in [0.2, 0.25) is 0 Å². The molecule has 0 aromatic carbocycles. The zero-order valence-corrected chi connectivity index (χ0v) is 16.7. The molecule has 1 fully saturated rings. The molecule has 3 aromatic rings. The number of anilines is 3. The summed E-state index contributed by atoms with van der Waals surface area (Å²) in [5.41, 5.74) is 3.20. The van der Waals surface area contributed by atoms with Gasteiger partial charge in [-0.1, -0.05) is 0 Å². The van der Waals surface area contributed by atoms with Crippen molar-refractivity contribution in [2.75, 3.05) is 30.3 Å². The number of aliphatic hydroxyl groups excluding tert-OH is 1. The number of pyridine rings is 1. The lowest BCUT2D eigenvalue weighted by molar-refractivity contribution is 0.282. The maximum absolute atomic E-state index is 9.40. The van der Waals surface area contributed by atoms with Crippen LogP contribution in [0.25, 0.3) is 5.69 Å². The van der Waals surface area contributed by atoms with E-state index in [1.165, 1.54) is 12.8 Å². The highest BCUT2D eigenvalue weighted by Gasteiger charge is 2.15. The standard InChI is InChI=1S/C22H25N7O/c1-2-18-11-26-22(13-24-18)28-21-8-19(25-10-16-4-3-6-23-9-16)20(12-27-21)29-7-5-17(14-29)15-30/h1,5,7-8,11-14,16,23,30H,3-4,6,9-10,15H2,(H2,25,26,27,28). The van der Waals surface area contributed by atoms with E-state index in [4.69, 9.17) is 6.42 Å². The van der Waals surface area contributed by atoms with Gasteiger partial charge < -0.3 is 25.6 Å². The van der Waals surface area contributed by atoms with Gasteiger partial charge in [-0.15, -0.1) is 6.42 Å². The summed E-state index contributed by atoms with van der Waals surface area (Å²) in [5.74, 6) is 4.26. The monoisotopic (exact) mass is 403 g/mol. The van der Waals surface area contributed by atoms with Crippen LogP contribution in [-0.4, -0.2) is 44.3 Å². The van der Waals surface area contributed by atoms with Crippen LogP contribution >= 0.6 is 0 Å². The van der Waals surface area contributed by atoms with E-state index in [9.17, 15) is 5.11 Å². The number of hydrogen-bond donors (Lipinski definition) is 4.